The maximum atomic E-state index is 13.8. The van der Waals surface area contributed by atoms with Crippen molar-refractivity contribution < 1.29 is 19.2 Å². The van der Waals surface area contributed by atoms with E-state index in [1.165, 1.54) is 9.80 Å². The summed E-state index contributed by atoms with van der Waals surface area (Å²) in [5.41, 5.74) is 8.79. The summed E-state index contributed by atoms with van der Waals surface area (Å²) in [5, 5.41) is 0. The summed E-state index contributed by atoms with van der Waals surface area (Å²) in [6, 6.07) is 31.7. The monoisotopic (exact) mass is 590 g/mol. The topological polar surface area (TPSA) is 74.8 Å². The summed E-state index contributed by atoms with van der Waals surface area (Å²) < 4.78 is 0. The van der Waals surface area contributed by atoms with Gasteiger partial charge in [0, 0.05) is 0 Å². The number of nitrogens with zero attached hydrogens (tertiary/aromatic N) is 2. The van der Waals surface area contributed by atoms with Crippen molar-refractivity contribution >= 4 is 35.0 Å². The molecular weight excluding hydrogens is 560 g/mol. The fourth-order valence-electron chi connectivity index (χ4n) is 6.13. The standard InChI is InChI=1S/C39H30N2O4/c1-22(2)32-21-29(40-36(42)30-16-13-27(19-33(30)38(40)44)25-9-5-23(3)6-10-25)15-18-35(32)41-37(43)31-17-14-28(20-34(31)39(41)45)26-11-7-24(4)8-12-26/h5-22H,1-4H3. The maximum Gasteiger partial charge on any atom is 0.266 e. The van der Waals surface area contributed by atoms with E-state index in [1.807, 2.05) is 88.4 Å². The lowest BCUT2D eigenvalue weighted by Crippen LogP contribution is -2.32. The van der Waals surface area contributed by atoms with Crippen LogP contribution < -0.4 is 9.80 Å². The van der Waals surface area contributed by atoms with Crippen molar-refractivity contribution in [2.45, 2.75) is 33.6 Å². The SMILES string of the molecule is Cc1ccc(-c2ccc3c(c2)C(=O)N(c2ccc(N4C(=O)c5ccc(-c6ccc(C)cc6)cc5C4=O)c(C(C)C)c2)C3=O)cc1. The van der Waals surface area contributed by atoms with Crippen molar-refractivity contribution in [1.82, 2.24) is 0 Å². The summed E-state index contributed by atoms with van der Waals surface area (Å²) in [4.78, 5) is 57.0. The van der Waals surface area contributed by atoms with Crippen LogP contribution in [-0.4, -0.2) is 23.6 Å². The van der Waals surface area contributed by atoms with Crippen LogP contribution in [0.15, 0.2) is 103 Å². The van der Waals surface area contributed by atoms with Gasteiger partial charge in [0.1, 0.15) is 0 Å². The third kappa shape index (κ3) is 4.57. The second-order valence-electron chi connectivity index (χ2n) is 12.0. The second kappa shape index (κ2) is 10.5. The molecule has 7 rings (SSSR count). The average molecular weight is 591 g/mol. The highest BCUT2D eigenvalue weighted by Gasteiger charge is 2.40. The molecule has 2 heterocycles. The lowest BCUT2D eigenvalue weighted by molar-refractivity contribution is 0.0909. The normalized spacial score (nSPS) is 14.1. The highest BCUT2D eigenvalue weighted by atomic mass is 16.2. The maximum absolute atomic E-state index is 13.8. The van der Waals surface area contributed by atoms with E-state index in [9.17, 15) is 19.2 Å². The Morgan fingerprint density at radius 1 is 0.444 bits per heavy atom. The molecule has 2 aliphatic rings. The van der Waals surface area contributed by atoms with Gasteiger partial charge >= 0.3 is 0 Å². The quantitative estimate of drug-likeness (QED) is 0.193. The zero-order chi connectivity index (χ0) is 31.6. The van der Waals surface area contributed by atoms with Gasteiger partial charge in [-0.3, -0.25) is 19.2 Å². The number of anilines is 2. The molecule has 2 aliphatic heterocycles. The molecule has 0 fully saturated rings. The highest BCUT2D eigenvalue weighted by Crippen LogP contribution is 2.39. The molecule has 0 spiro atoms. The Morgan fingerprint density at radius 3 is 1.36 bits per heavy atom. The molecule has 0 aromatic heterocycles. The number of carbonyl (C=O) groups is 4. The molecule has 4 amide bonds. The first-order valence-corrected chi connectivity index (χ1v) is 15.0. The van der Waals surface area contributed by atoms with E-state index in [-0.39, 0.29) is 5.92 Å². The van der Waals surface area contributed by atoms with Crippen LogP contribution in [0.4, 0.5) is 11.4 Å². The third-order valence-electron chi connectivity index (χ3n) is 8.68. The minimum atomic E-state index is -0.407. The number of amides is 4. The number of fused-ring (bicyclic) bond motifs is 2. The van der Waals surface area contributed by atoms with E-state index >= 15 is 0 Å². The van der Waals surface area contributed by atoms with Gasteiger partial charge in [0.25, 0.3) is 23.6 Å². The first-order valence-electron chi connectivity index (χ1n) is 15.0. The van der Waals surface area contributed by atoms with Crippen LogP contribution in [-0.2, 0) is 0 Å². The third-order valence-corrected chi connectivity index (χ3v) is 8.68. The molecule has 0 unspecified atom stereocenters. The molecule has 0 aliphatic carbocycles. The van der Waals surface area contributed by atoms with Gasteiger partial charge in [-0.1, -0.05) is 85.6 Å². The van der Waals surface area contributed by atoms with Gasteiger partial charge in [-0.25, -0.2) is 9.80 Å². The van der Waals surface area contributed by atoms with Gasteiger partial charge in [-0.15, -0.1) is 0 Å². The van der Waals surface area contributed by atoms with Gasteiger partial charge in [0.15, 0.2) is 0 Å². The molecule has 5 aromatic rings. The van der Waals surface area contributed by atoms with Crippen LogP contribution in [0, 0.1) is 13.8 Å². The lowest BCUT2D eigenvalue weighted by Gasteiger charge is -2.23. The Balaban J connectivity index is 1.22. The molecule has 0 saturated heterocycles. The number of benzene rings is 5. The Labute approximate surface area is 261 Å². The first-order chi connectivity index (χ1) is 21.6. The smallest absolute Gasteiger partial charge is 0.266 e. The van der Waals surface area contributed by atoms with Crippen molar-refractivity contribution in [2.75, 3.05) is 9.80 Å². The summed E-state index contributed by atoms with van der Waals surface area (Å²) in [5.74, 6) is -1.73. The van der Waals surface area contributed by atoms with E-state index in [4.69, 9.17) is 0 Å². The van der Waals surface area contributed by atoms with Crippen molar-refractivity contribution in [3.05, 3.63) is 142 Å². The lowest BCUT2D eigenvalue weighted by atomic mass is 9.99. The van der Waals surface area contributed by atoms with Crippen molar-refractivity contribution in [3.63, 3.8) is 0 Å². The summed E-state index contributed by atoms with van der Waals surface area (Å²) in [7, 11) is 0. The minimum absolute atomic E-state index is 0.115. The number of hydrogen-bond donors (Lipinski definition) is 0. The molecule has 45 heavy (non-hydrogen) atoms. The summed E-state index contributed by atoms with van der Waals surface area (Å²) in [6.07, 6.45) is 0. The van der Waals surface area contributed by atoms with Crippen LogP contribution in [0.2, 0.25) is 0 Å². The fraction of sp³-hybridized carbons (Fsp3) is 0.128. The van der Waals surface area contributed by atoms with Crippen LogP contribution >= 0.6 is 0 Å². The van der Waals surface area contributed by atoms with E-state index in [2.05, 4.69) is 0 Å². The van der Waals surface area contributed by atoms with Gasteiger partial charge in [-0.2, -0.15) is 0 Å². The molecule has 0 N–H and O–H groups in total. The average Bonchev–Trinajstić information content (AvgIpc) is 3.44. The molecule has 6 heteroatoms. The first kappa shape index (κ1) is 28.2. The molecule has 0 saturated carbocycles. The van der Waals surface area contributed by atoms with Crippen molar-refractivity contribution in [2.24, 2.45) is 0 Å². The minimum Gasteiger partial charge on any atom is -0.268 e. The van der Waals surface area contributed by atoms with E-state index in [0.717, 1.165) is 33.4 Å². The largest absolute Gasteiger partial charge is 0.268 e. The zero-order valence-electron chi connectivity index (χ0n) is 25.4. The Morgan fingerprint density at radius 2 is 0.867 bits per heavy atom. The van der Waals surface area contributed by atoms with Crippen molar-refractivity contribution in [1.29, 1.82) is 0 Å². The number of aryl methyl sites for hydroxylation is 2. The van der Waals surface area contributed by atoms with Gasteiger partial charge in [0.2, 0.25) is 0 Å². The number of imide groups is 2. The fourth-order valence-corrected chi connectivity index (χ4v) is 6.13. The number of carbonyl (C=O) groups excluding carboxylic acids is 4. The van der Waals surface area contributed by atoms with E-state index < -0.39 is 23.6 Å². The molecule has 0 bridgehead atoms. The van der Waals surface area contributed by atoms with Gasteiger partial charge < -0.3 is 0 Å². The van der Waals surface area contributed by atoms with Crippen LogP contribution in [0.5, 0.6) is 0 Å². The predicted octanol–water partition coefficient (Wildman–Crippen LogP) is 8.36. The summed E-state index contributed by atoms with van der Waals surface area (Å²) in [6.45, 7) is 7.93. The zero-order valence-corrected chi connectivity index (χ0v) is 25.4. The molecule has 0 atom stereocenters. The van der Waals surface area contributed by atoms with Crippen LogP contribution in [0.1, 0.15) is 77.9 Å². The molecule has 220 valence electrons. The predicted molar refractivity (Wildman–Crippen MR) is 176 cm³/mol. The molecule has 6 nitrogen and oxygen atoms in total. The van der Waals surface area contributed by atoms with Crippen molar-refractivity contribution in [3.8, 4) is 22.3 Å². The van der Waals surface area contributed by atoms with Gasteiger partial charge in [0.05, 0.1) is 33.6 Å². The van der Waals surface area contributed by atoms with Gasteiger partial charge in [-0.05, 0) is 90.0 Å². The Kier molecular flexibility index (Phi) is 6.59. The van der Waals surface area contributed by atoms with E-state index in [0.29, 0.717) is 39.2 Å². The summed E-state index contributed by atoms with van der Waals surface area (Å²) >= 11 is 0. The Hall–Kier alpha value is -5.62. The number of hydrogen-bond acceptors (Lipinski definition) is 4. The molecular formula is C39H30N2O4. The Bertz CT molecular complexity index is 2070. The second-order valence-corrected chi connectivity index (χ2v) is 12.0. The molecule has 0 radical (unpaired) electrons. The molecule has 5 aromatic carbocycles. The number of rotatable bonds is 5. The van der Waals surface area contributed by atoms with Crippen LogP contribution in [0.3, 0.4) is 0 Å². The highest BCUT2D eigenvalue weighted by molar-refractivity contribution is 6.36. The van der Waals surface area contributed by atoms with E-state index in [1.54, 1.807) is 42.5 Å². The van der Waals surface area contributed by atoms with Crippen LogP contribution in [0.25, 0.3) is 22.3 Å².